The summed E-state index contributed by atoms with van der Waals surface area (Å²) >= 11 is 0. The summed E-state index contributed by atoms with van der Waals surface area (Å²) in [5.41, 5.74) is 5.18. The van der Waals surface area contributed by atoms with Gasteiger partial charge in [0.1, 0.15) is 12.4 Å². The lowest BCUT2D eigenvalue weighted by Gasteiger charge is -2.24. The first kappa shape index (κ1) is 22.8. The first-order valence-electron chi connectivity index (χ1n) is 9.77. The van der Waals surface area contributed by atoms with Gasteiger partial charge in [0.25, 0.3) is 5.91 Å². The summed E-state index contributed by atoms with van der Waals surface area (Å²) in [6.07, 6.45) is 0.413. The molecule has 29 heavy (non-hydrogen) atoms. The summed E-state index contributed by atoms with van der Waals surface area (Å²) in [4.78, 5) is 39.5. The zero-order valence-corrected chi connectivity index (χ0v) is 16.7. The highest BCUT2D eigenvalue weighted by Gasteiger charge is 2.50. The van der Waals surface area contributed by atoms with Gasteiger partial charge >= 0.3 is 11.9 Å². The van der Waals surface area contributed by atoms with E-state index in [9.17, 15) is 19.5 Å². The molecule has 0 spiro atoms. The number of hydrogen-bond donors (Lipinski definition) is 2. The van der Waals surface area contributed by atoms with Gasteiger partial charge in [0, 0.05) is 12.8 Å². The van der Waals surface area contributed by atoms with Crippen LogP contribution in [0.4, 0.5) is 0 Å². The smallest absolute Gasteiger partial charge is 0.306 e. The second-order valence-electron chi connectivity index (χ2n) is 6.78. The Morgan fingerprint density at radius 1 is 1.14 bits per heavy atom. The van der Waals surface area contributed by atoms with Crippen LogP contribution >= 0.6 is 0 Å². The zero-order chi connectivity index (χ0) is 21.4. The van der Waals surface area contributed by atoms with Gasteiger partial charge in [0.05, 0.1) is 6.61 Å². The van der Waals surface area contributed by atoms with Crippen LogP contribution in [0.5, 0.6) is 0 Å². The van der Waals surface area contributed by atoms with Gasteiger partial charge in [0.15, 0.2) is 18.4 Å². The lowest BCUT2D eigenvalue weighted by atomic mass is 10.1. The molecule has 162 valence electrons. The third-order valence-corrected chi connectivity index (χ3v) is 4.46. The topological polar surface area (TPSA) is 156 Å². The standard InChI is InChI=1S/C18H28N4O7/c1-3-5-7-12(24)28-14-11(9-23)27-18(15(14)29-13(25)8-6-4-2)22-10-20-17(21-22)16(19)26/h10-11,14-15,18,23H,3-9H2,1-2H3,(H2,19,26)/t11-,14-,15-,18-/m1/s1. The highest BCUT2D eigenvalue weighted by molar-refractivity contribution is 5.88. The normalized spacial score (nSPS) is 23.7. The molecular formula is C18H28N4O7. The Balaban J connectivity index is 2.25. The number of primary amides is 1. The number of esters is 2. The lowest BCUT2D eigenvalue weighted by Crippen LogP contribution is -2.40. The van der Waals surface area contributed by atoms with Crippen LogP contribution in [-0.4, -0.2) is 62.6 Å². The molecule has 1 fully saturated rings. The molecule has 0 radical (unpaired) electrons. The number of nitrogens with zero attached hydrogens (tertiary/aromatic N) is 3. The maximum Gasteiger partial charge on any atom is 0.306 e. The van der Waals surface area contributed by atoms with Crippen molar-refractivity contribution >= 4 is 17.8 Å². The van der Waals surface area contributed by atoms with Crippen molar-refractivity contribution in [3.05, 3.63) is 12.2 Å². The van der Waals surface area contributed by atoms with Crippen molar-refractivity contribution < 1.29 is 33.7 Å². The molecule has 0 unspecified atom stereocenters. The van der Waals surface area contributed by atoms with Crippen LogP contribution in [0.1, 0.15) is 69.2 Å². The zero-order valence-electron chi connectivity index (χ0n) is 16.7. The maximum atomic E-state index is 12.2. The molecule has 1 aliphatic heterocycles. The van der Waals surface area contributed by atoms with Crippen LogP contribution < -0.4 is 5.73 Å². The van der Waals surface area contributed by atoms with Crippen molar-refractivity contribution in [2.45, 2.75) is 76.9 Å². The summed E-state index contributed by atoms with van der Waals surface area (Å²) in [5.74, 6) is -2.05. The minimum Gasteiger partial charge on any atom is -0.455 e. The molecule has 11 heteroatoms. The van der Waals surface area contributed by atoms with E-state index in [1.165, 1.54) is 11.0 Å². The highest BCUT2D eigenvalue weighted by atomic mass is 16.6. The van der Waals surface area contributed by atoms with Crippen LogP contribution in [0.3, 0.4) is 0 Å². The van der Waals surface area contributed by atoms with E-state index in [2.05, 4.69) is 10.1 Å². The molecule has 1 saturated heterocycles. The monoisotopic (exact) mass is 412 g/mol. The summed E-state index contributed by atoms with van der Waals surface area (Å²) in [6.45, 7) is 3.41. The molecular weight excluding hydrogens is 384 g/mol. The van der Waals surface area contributed by atoms with Crippen molar-refractivity contribution in [2.75, 3.05) is 6.61 Å². The number of hydrogen-bond acceptors (Lipinski definition) is 9. The fraction of sp³-hybridized carbons (Fsp3) is 0.722. The van der Waals surface area contributed by atoms with Crippen LogP contribution in [0, 0.1) is 0 Å². The predicted molar refractivity (Wildman–Crippen MR) is 98.3 cm³/mol. The molecule has 2 rings (SSSR count). The number of aliphatic hydroxyl groups excluding tert-OH is 1. The minimum atomic E-state index is -1.07. The van der Waals surface area contributed by atoms with Gasteiger partial charge in [-0.2, -0.15) is 0 Å². The molecule has 1 aromatic rings. The Morgan fingerprint density at radius 3 is 2.21 bits per heavy atom. The fourth-order valence-electron chi connectivity index (χ4n) is 2.91. The second-order valence-corrected chi connectivity index (χ2v) is 6.78. The molecule has 2 heterocycles. The van der Waals surface area contributed by atoms with Crippen molar-refractivity contribution in [1.82, 2.24) is 14.8 Å². The van der Waals surface area contributed by atoms with E-state index >= 15 is 0 Å². The highest BCUT2D eigenvalue weighted by Crippen LogP contribution is 2.34. The van der Waals surface area contributed by atoms with E-state index in [-0.39, 0.29) is 18.7 Å². The summed E-state index contributed by atoms with van der Waals surface area (Å²) in [6, 6.07) is 0. The minimum absolute atomic E-state index is 0.184. The molecule has 0 aromatic carbocycles. The molecule has 11 nitrogen and oxygen atoms in total. The summed E-state index contributed by atoms with van der Waals surface area (Å²) in [5, 5.41) is 13.6. The van der Waals surface area contributed by atoms with Crippen LogP contribution in [0.15, 0.2) is 6.33 Å². The van der Waals surface area contributed by atoms with E-state index in [1.807, 2.05) is 13.8 Å². The Hall–Kier alpha value is -2.53. The van der Waals surface area contributed by atoms with Gasteiger partial charge in [-0.15, -0.1) is 5.10 Å². The summed E-state index contributed by atoms with van der Waals surface area (Å²) in [7, 11) is 0. The number of carbonyl (C=O) groups is 3. The number of aliphatic hydroxyl groups is 1. The molecule has 0 bridgehead atoms. The molecule has 0 saturated carbocycles. The van der Waals surface area contributed by atoms with Gasteiger partial charge < -0.3 is 25.1 Å². The van der Waals surface area contributed by atoms with Crippen LogP contribution in [0.2, 0.25) is 0 Å². The van der Waals surface area contributed by atoms with E-state index < -0.39 is 49.0 Å². The average Bonchev–Trinajstić information content (AvgIpc) is 3.30. The molecule has 0 aliphatic carbocycles. The summed E-state index contributed by atoms with van der Waals surface area (Å²) < 4.78 is 17.9. The number of nitrogens with two attached hydrogens (primary N) is 1. The van der Waals surface area contributed by atoms with E-state index in [0.717, 1.165) is 12.8 Å². The number of rotatable bonds is 11. The van der Waals surface area contributed by atoms with Crippen molar-refractivity contribution in [2.24, 2.45) is 5.73 Å². The number of amides is 1. The van der Waals surface area contributed by atoms with E-state index in [4.69, 9.17) is 19.9 Å². The van der Waals surface area contributed by atoms with E-state index in [0.29, 0.717) is 12.8 Å². The first-order valence-corrected chi connectivity index (χ1v) is 9.77. The Kier molecular flexibility index (Phi) is 8.52. The Labute approximate surface area is 168 Å². The van der Waals surface area contributed by atoms with Gasteiger partial charge in [-0.25, -0.2) is 9.67 Å². The van der Waals surface area contributed by atoms with Gasteiger partial charge in [-0.1, -0.05) is 26.7 Å². The van der Waals surface area contributed by atoms with E-state index in [1.54, 1.807) is 0 Å². The predicted octanol–water partition coefficient (Wildman–Crippen LogP) is 0.471. The van der Waals surface area contributed by atoms with Crippen molar-refractivity contribution in [1.29, 1.82) is 0 Å². The van der Waals surface area contributed by atoms with Gasteiger partial charge in [-0.05, 0) is 12.8 Å². The third-order valence-electron chi connectivity index (χ3n) is 4.46. The van der Waals surface area contributed by atoms with Crippen LogP contribution in [0.25, 0.3) is 0 Å². The quantitative estimate of drug-likeness (QED) is 0.493. The molecule has 3 N–H and O–H groups in total. The fourth-order valence-corrected chi connectivity index (χ4v) is 2.91. The van der Waals surface area contributed by atoms with Gasteiger partial charge in [-0.3, -0.25) is 14.4 Å². The number of ether oxygens (including phenoxy) is 3. The molecule has 1 aromatic heterocycles. The second kappa shape index (κ2) is 10.9. The lowest BCUT2D eigenvalue weighted by molar-refractivity contribution is -0.169. The molecule has 1 aliphatic rings. The number of unbranched alkanes of at least 4 members (excludes halogenated alkanes) is 2. The molecule has 4 atom stereocenters. The SMILES string of the molecule is CCCCC(=O)O[C@@H]1[C@H](OC(=O)CCCC)[C@@H](CO)O[C@H]1n1cnc(C(N)=O)n1. The number of carbonyl (C=O) groups excluding carboxylic acids is 3. The third kappa shape index (κ3) is 5.97. The van der Waals surface area contributed by atoms with Crippen LogP contribution in [-0.2, 0) is 23.8 Å². The Bertz CT molecular complexity index is 708. The maximum absolute atomic E-state index is 12.2. The van der Waals surface area contributed by atoms with Crippen molar-refractivity contribution in [3.8, 4) is 0 Å². The van der Waals surface area contributed by atoms with Gasteiger partial charge in [0.2, 0.25) is 5.82 Å². The van der Waals surface area contributed by atoms with Crippen molar-refractivity contribution in [3.63, 3.8) is 0 Å². The molecule has 1 amide bonds. The number of aromatic nitrogens is 3. The largest absolute Gasteiger partial charge is 0.455 e. The Morgan fingerprint density at radius 2 is 1.72 bits per heavy atom. The average molecular weight is 412 g/mol. The first-order chi connectivity index (χ1) is 13.9.